The van der Waals surface area contributed by atoms with Gasteiger partial charge in [-0.25, -0.2) is 4.98 Å². The fraction of sp³-hybridized carbons (Fsp3) is 0.667. The zero-order chi connectivity index (χ0) is 9.10. The first kappa shape index (κ1) is 8.56. The number of rotatable bonds is 3. The Morgan fingerprint density at radius 2 is 2.62 bits per heavy atom. The van der Waals surface area contributed by atoms with Gasteiger partial charge in [-0.3, -0.25) is 0 Å². The molecule has 1 aliphatic heterocycles. The minimum absolute atomic E-state index is 0.594. The van der Waals surface area contributed by atoms with E-state index in [0.29, 0.717) is 6.04 Å². The second-order valence-corrected chi connectivity index (χ2v) is 3.48. The van der Waals surface area contributed by atoms with Crippen LogP contribution in [0.2, 0.25) is 0 Å². The summed E-state index contributed by atoms with van der Waals surface area (Å²) >= 11 is 0. The van der Waals surface area contributed by atoms with Crippen molar-refractivity contribution in [1.82, 2.24) is 9.97 Å². The molecule has 1 aliphatic rings. The van der Waals surface area contributed by atoms with Gasteiger partial charge >= 0.3 is 0 Å². The van der Waals surface area contributed by atoms with Crippen molar-refractivity contribution in [2.75, 3.05) is 18.0 Å². The van der Waals surface area contributed by atoms with Crippen molar-refractivity contribution in [1.29, 1.82) is 0 Å². The van der Waals surface area contributed by atoms with Gasteiger partial charge in [0.15, 0.2) is 0 Å². The summed E-state index contributed by atoms with van der Waals surface area (Å²) in [6, 6.07) is 0.594. The highest BCUT2D eigenvalue weighted by atomic mass is 15.3. The topological polar surface area (TPSA) is 57.9 Å². The number of hydrogen-bond acceptors (Lipinski definition) is 3. The van der Waals surface area contributed by atoms with Crippen LogP contribution >= 0.6 is 0 Å². The molecular weight excluding hydrogens is 164 g/mol. The number of nitrogens with one attached hydrogen (secondary N) is 1. The van der Waals surface area contributed by atoms with Crippen LogP contribution in [0.5, 0.6) is 0 Å². The van der Waals surface area contributed by atoms with Gasteiger partial charge in [0, 0.05) is 25.0 Å². The van der Waals surface area contributed by atoms with Crippen molar-refractivity contribution < 1.29 is 0 Å². The Kier molecular flexibility index (Phi) is 2.49. The molecule has 2 heterocycles. The fourth-order valence-corrected chi connectivity index (χ4v) is 2.02. The quantitative estimate of drug-likeness (QED) is 0.721. The molecule has 1 fully saturated rings. The average molecular weight is 180 g/mol. The number of nitrogens with zero attached hydrogens (tertiary/aromatic N) is 2. The van der Waals surface area contributed by atoms with Gasteiger partial charge in [-0.2, -0.15) is 0 Å². The second-order valence-electron chi connectivity index (χ2n) is 3.48. The van der Waals surface area contributed by atoms with Crippen molar-refractivity contribution in [3.8, 4) is 0 Å². The maximum atomic E-state index is 5.57. The van der Waals surface area contributed by atoms with Crippen molar-refractivity contribution in [3.05, 3.63) is 12.4 Å². The lowest BCUT2D eigenvalue weighted by Gasteiger charge is -2.23. The minimum atomic E-state index is 0.594. The maximum absolute atomic E-state index is 5.57. The van der Waals surface area contributed by atoms with E-state index in [2.05, 4.69) is 14.9 Å². The van der Waals surface area contributed by atoms with Crippen LogP contribution in [0.3, 0.4) is 0 Å². The number of nitrogens with two attached hydrogens (primary N) is 1. The Morgan fingerprint density at radius 1 is 1.69 bits per heavy atom. The number of H-pyrrole nitrogens is 1. The molecule has 4 nitrogen and oxygen atoms in total. The molecule has 3 N–H and O–H groups in total. The number of anilines is 1. The smallest absolute Gasteiger partial charge is 0.202 e. The zero-order valence-electron chi connectivity index (χ0n) is 7.74. The van der Waals surface area contributed by atoms with Crippen LogP contribution in [-0.4, -0.2) is 29.1 Å². The molecule has 1 saturated heterocycles. The lowest BCUT2D eigenvalue weighted by molar-refractivity contribution is 0.611. The van der Waals surface area contributed by atoms with Gasteiger partial charge < -0.3 is 15.6 Å². The molecular formula is C9H16N4. The molecule has 0 radical (unpaired) electrons. The lowest BCUT2D eigenvalue weighted by Crippen LogP contribution is -2.31. The molecule has 1 unspecified atom stereocenters. The number of hydrogen-bond donors (Lipinski definition) is 2. The summed E-state index contributed by atoms with van der Waals surface area (Å²) in [5, 5.41) is 0. The monoisotopic (exact) mass is 180 g/mol. The van der Waals surface area contributed by atoms with E-state index in [4.69, 9.17) is 5.73 Å². The Bertz CT molecular complexity index is 244. The van der Waals surface area contributed by atoms with Crippen LogP contribution in [0.1, 0.15) is 19.3 Å². The SMILES string of the molecule is NCCC1CCCN1c1ncc[nH]1. The summed E-state index contributed by atoms with van der Waals surface area (Å²) < 4.78 is 0. The summed E-state index contributed by atoms with van der Waals surface area (Å²) in [6.45, 7) is 1.88. The Labute approximate surface area is 78.1 Å². The summed E-state index contributed by atoms with van der Waals surface area (Å²) in [5.41, 5.74) is 5.57. The third kappa shape index (κ3) is 1.67. The van der Waals surface area contributed by atoms with Crippen molar-refractivity contribution in [2.24, 2.45) is 5.73 Å². The van der Waals surface area contributed by atoms with Crippen molar-refractivity contribution in [3.63, 3.8) is 0 Å². The summed E-state index contributed by atoms with van der Waals surface area (Å²) in [4.78, 5) is 9.73. The predicted octanol–water partition coefficient (Wildman–Crippen LogP) is 0.727. The standard InChI is InChI=1S/C9H16N4/c10-4-3-8-2-1-7-13(8)9-11-5-6-12-9/h5-6,8H,1-4,7,10H2,(H,11,12). The highest BCUT2D eigenvalue weighted by Crippen LogP contribution is 2.23. The molecule has 2 rings (SSSR count). The molecule has 0 aromatic carbocycles. The molecule has 0 aliphatic carbocycles. The number of aromatic amines is 1. The van der Waals surface area contributed by atoms with E-state index in [-0.39, 0.29) is 0 Å². The Hall–Kier alpha value is -1.03. The average Bonchev–Trinajstić information content (AvgIpc) is 2.71. The molecule has 0 bridgehead atoms. The van der Waals surface area contributed by atoms with E-state index in [0.717, 1.165) is 25.5 Å². The normalized spacial score (nSPS) is 22.5. The molecule has 0 saturated carbocycles. The van der Waals surface area contributed by atoms with Crippen LogP contribution in [0.15, 0.2) is 12.4 Å². The molecule has 1 atom stereocenters. The molecule has 0 amide bonds. The van der Waals surface area contributed by atoms with Gasteiger partial charge in [0.1, 0.15) is 0 Å². The third-order valence-electron chi connectivity index (χ3n) is 2.63. The van der Waals surface area contributed by atoms with Gasteiger partial charge in [0.05, 0.1) is 0 Å². The van der Waals surface area contributed by atoms with E-state index < -0.39 is 0 Å². The van der Waals surface area contributed by atoms with Gasteiger partial charge in [-0.1, -0.05) is 0 Å². The Balaban J connectivity index is 2.05. The van der Waals surface area contributed by atoms with E-state index in [1.165, 1.54) is 12.8 Å². The molecule has 1 aromatic heterocycles. The van der Waals surface area contributed by atoms with Crippen LogP contribution in [-0.2, 0) is 0 Å². The lowest BCUT2D eigenvalue weighted by atomic mass is 10.1. The first-order valence-electron chi connectivity index (χ1n) is 4.88. The highest BCUT2D eigenvalue weighted by Gasteiger charge is 2.24. The molecule has 13 heavy (non-hydrogen) atoms. The molecule has 72 valence electrons. The second kappa shape index (κ2) is 3.79. The van der Waals surface area contributed by atoms with E-state index >= 15 is 0 Å². The first-order valence-corrected chi connectivity index (χ1v) is 4.88. The molecule has 1 aromatic rings. The van der Waals surface area contributed by atoms with Gasteiger partial charge in [0.2, 0.25) is 5.95 Å². The van der Waals surface area contributed by atoms with Gasteiger partial charge in [-0.05, 0) is 25.8 Å². The minimum Gasteiger partial charge on any atom is -0.339 e. The highest BCUT2D eigenvalue weighted by molar-refractivity contribution is 5.32. The molecule has 0 spiro atoms. The summed E-state index contributed by atoms with van der Waals surface area (Å²) in [5.74, 6) is 0.996. The predicted molar refractivity (Wildman–Crippen MR) is 52.6 cm³/mol. The number of aromatic nitrogens is 2. The third-order valence-corrected chi connectivity index (χ3v) is 2.63. The van der Waals surface area contributed by atoms with E-state index in [1.54, 1.807) is 6.20 Å². The van der Waals surface area contributed by atoms with Crippen LogP contribution in [0, 0.1) is 0 Å². The van der Waals surface area contributed by atoms with Crippen LogP contribution in [0.25, 0.3) is 0 Å². The van der Waals surface area contributed by atoms with Crippen molar-refractivity contribution in [2.45, 2.75) is 25.3 Å². The Morgan fingerprint density at radius 3 is 3.31 bits per heavy atom. The van der Waals surface area contributed by atoms with Gasteiger partial charge in [-0.15, -0.1) is 0 Å². The summed E-state index contributed by atoms with van der Waals surface area (Å²) in [7, 11) is 0. The van der Waals surface area contributed by atoms with Crippen LogP contribution in [0.4, 0.5) is 5.95 Å². The summed E-state index contributed by atoms with van der Waals surface area (Å²) in [6.07, 6.45) is 7.24. The van der Waals surface area contributed by atoms with Gasteiger partial charge in [0.25, 0.3) is 0 Å². The fourth-order valence-electron chi connectivity index (χ4n) is 2.02. The zero-order valence-corrected chi connectivity index (χ0v) is 7.74. The first-order chi connectivity index (χ1) is 6.42. The largest absolute Gasteiger partial charge is 0.339 e. The van der Waals surface area contributed by atoms with E-state index in [9.17, 15) is 0 Å². The van der Waals surface area contributed by atoms with Crippen LogP contribution < -0.4 is 10.6 Å². The number of imidazole rings is 1. The molecule has 4 heteroatoms. The maximum Gasteiger partial charge on any atom is 0.202 e. The van der Waals surface area contributed by atoms with E-state index in [1.807, 2.05) is 6.20 Å². The van der Waals surface area contributed by atoms with Crippen molar-refractivity contribution >= 4 is 5.95 Å².